The van der Waals surface area contributed by atoms with E-state index in [0.29, 0.717) is 4.88 Å². The van der Waals surface area contributed by atoms with Crippen molar-refractivity contribution in [3.63, 3.8) is 0 Å². The van der Waals surface area contributed by atoms with E-state index in [1.165, 1.54) is 11.3 Å². The van der Waals surface area contributed by atoms with E-state index in [9.17, 15) is 4.79 Å². The van der Waals surface area contributed by atoms with Gasteiger partial charge in [0.2, 0.25) is 0 Å². The quantitative estimate of drug-likeness (QED) is 0.257. The Bertz CT molecular complexity index is 872. The summed E-state index contributed by atoms with van der Waals surface area (Å²) in [5, 5.41) is 0.881. The van der Waals surface area contributed by atoms with Gasteiger partial charge in [0.05, 0.1) is 10.6 Å². The average molecular weight is 448 g/mol. The molecule has 0 atom stereocenters. The summed E-state index contributed by atoms with van der Waals surface area (Å²) in [6, 6.07) is 13.9. The number of thiazole rings is 1. The Balaban J connectivity index is 0.00000208. The lowest BCUT2D eigenvalue weighted by Crippen LogP contribution is -3.00. The van der Waals surface area contributed by atoms with Gasteiger partial charge >= 0.3 is 0 Å². The van der Waals surface area contributed by atoms with Crippen LogP contribution in [0.1, 0.15) is 20.9 Å². The maximum Gasteiger partial charge on any atom is 0.197 e. The van der Waals surface area contributed by atoms with Gasteiger partial charge in [0.25, 0.3) is 0 Å². The highest BCUT2D eigenvalue weighted by Crippen LogP contribution is 2.28. The fraction of sp³-hybridized carbons (Fsp3) is 0.105. The first kappa shape index (κ1) is 18.5. The molecule has 0 N–H and O–H groups in total. The Kier molecular flexibility index (Phi) is 6.39. The molecule has 0 spiro atoms. The molecule has 5 heteroatoms. The van der Waals surface area contributed by atoms with Crippen molar-refractivity contribution in [1.82, 2.24) is 4.98 Å². The molecule has 3 nitrogen and oxygen atoms in total. The minimum absolute atomic E-state index is 0. The molecule has 0 radical (unpaired) electrons. The minimum Gasteiger partial charge on any atom is -1.00 e. The Morgan fingerprint density at radius 1 is 1.17 bits per heavy atom. The fourth-order valence-corrected chi connectivity index (χ4v) is 3.28. The summed E-state index contributed by atoms with van der Waals surface area (Å²) in [5.74, 6) is -0.00585. The van der Waals surface area contributed by atoms with Gasteiger partial charge in [-0.25, -0.2) is 9.55 Å². The lowest BCUT2D eigenvalue weighted by atomic mass is 10.2. The van der Waals surface area contributed by atoms with E-state index in [2.05, 4.69) is 4.98 Å². The van der Waals surface area contributed by atoms with E-state index in [0.717, 1.165) is 21.8 Å². The SMILES string of the molecule is Cc1nc(-c2ccccc2)sc1C(=O)C=Cc1ccc[n+](C)c1.[I-]. The number of benzene rings is 1. The molecule has 0 fully saturated rings. The third kappa shape index (κ3) is 4.36. The van der Waals surface area contributed by atoms with Crippen molar-refractivity contribution in [1.29, 1.82) is 0 Å². The van der Waals surface area contributed by atoms with Crippen LogP contribution in [0.15, 0.2) is 60.9 Å². The molecule has 24 heavy (non-hydrogen) atoms. The second-order valence-electron chi connectivity index (χ2n) is 5.30. The maximum absolute atomic E-state index is 12.4. The highest BCUT2D eigenvalue weighted by molar-refractivity contribution is 7.17. The monoisotopic (exact) mass is 448 g/mol. The molecule has 3 rings (SSSR count). The number of nitrogens with zero attached hydrogens (tertiary/aromatic N) is 2. The van der Waals surface area contributed by atoms with Crippen molar-refractivity contribution in [2.75, 3.05) is 0 Å². The van der Waals surface area contributed by atoms with Crippen LogP contribution in [-0.4, -0.2) is 10.8 Å². The van der Waals surface area contributed by atoms with Crippen LogP contribution < -0.4 is 28.5 Å². The molecule has 2 aromatic heterocycles. The molecular formula is C19H17IN2OS. The normalized spacial score (nSPS) is 10.6. The number of carbonyl (C=O) groups is 1. The van der Waals surface area contributed by atoms with Gasteiger partial charge < -0.3 is 24.0 Å². The molecule has 0 aliphatic rings. The number of aryl methyl sites for hydroxylation is 2. The summed E-state index contributed by atoms with van der Waals surface area (Å²) in [5.41, 5.74) is 2.81. The highest BCUT2D eigenvalue weighted by Gasteiger charge is 2.14. The summed E-state index contributed by atoms with van der Waals surface area (Å²) in [6.07, 6.45) is 7.38. The number of aromatic nitrogens is 2. The number of ketones is 1. The van der Waals surface area contributed by atoms with Crippen LogP contribution in [0.4, 0.5) is 0 Å². The molecule has 0 saturated carbocycles. The summed E-state index contributed by atoms with van der Waals surface area (Å²) in [4.78, 5) is 17.7. The molecule has 2 heterocycles. The van der Waals surface area contributed by atoms with E-state index in [-0.39, 0.29) is 29.8 Å². The fourth-order valence-electron chi connectivity index (χ4n) is 2.29. The number of pyridine rings is 1. The lowest BCUT2D eigenvalue weighted by Gasteiger charge is -1.93. The number of carbonyl (C=O) groups excluding carboxylic acids is 1. The van der Waals surface area contributed by atoms with Crippen molar-refractivity contribution in [2.24, 2.45) is 7.05 Å². The minimum atomic E-state index is -0.00585. The van der Waals surface area contributed by atoms with Crippen LogP contribution >= 0.6 is 11.3 Å². The lowest BCUT2D eigenvalue weighted by molar-refractivity contribution is -0.671. The molecule has 0 aliphatic carbocycles. The van der Waals surface area contributed by atoms with Gasteiger partial charge in [0, 0.05) is 17.2 Å². The number of hydrogen-bond donors (Lipinski definition) is 0. The first-order valence-corrected chi connectivity index (χ1v) is 8.16. The third-order valence-corrected chi connectivity index (χ3v) is 4.65. The van der Waals surface area contributed by atoms with Crippen LogP contribution in [0.3, 0.4) is 0 Å². The zero-order valence-electron chi connectivity index (χ0n) is 13.4. The van der Waals surface area contributed by atoms with Gasteiger partial charge in [-0.05, 0) is 25.1 Å². The Morgan fingerprint density at radius 3 is 2.62 bits per heavy atom. The van der Waals surface area contributed by atoms with Crippen molar-refractivity contribution < 1.29 is 33.3 Å². The van der Waals surface area contributed by atoms with Gasteiger partial charge in [-0.15, -0.1) is 11.3 Å². The predicted octanol–water partition coefficient (Wildman–Crippen LogP) is 0.843. The standard InChI is InChI=1S/C19H17N2OS.HI/c1-14-18(23-19(20-14)16-8-4-3-5-9-16)17(22)11-10-15-7-6-12-21(2)13-15;/h3-13H,1-2H3;1H/q+1;/p-1. The van der Waals surface area contributed by atoms with Gasteiger partial charge in [0.1, 0.15) is 12.1 Å². The average Bonchev–Trinajstić information content (AvgIpc) is 2.95. The van der Waals surface area contributed by atoms with E-state index >= 15 is 0 Å². The second kappa shape index (κ2) is 8.30. The first-order valence-electron chi connectivity index (χ1n) is 7.34. The second-order valence-corrected chi connectivity index (χ2v) is 6.30. The largest absolute Gasteiger partial charge is 1.00 e. The number of halogens is 1. The zero-order valence-corrected chi connectivity index (χ0v) is 16.4. The van der Waals surface area contributed by atoms with Gasteiger partial charge in [-0.2, -0.15) is 0 Å². The maximum atomic E-state index is 12.4. The summed E-state index contributed by atoms with van der Waals surface area (Å²) >= 11 is 1.44. The molecule has 0 amide bonds. The summed E-state index contributed by atoms with van der Waals surface area (Å²) in [7, 11) is 1.96. The molecule has 1 aromatic carbocycles. The third-order valence-electron chi connectivity index (χ3n) is 3.43. The van der Waals surface area contributed by atoms with Crippen molar-refractivity contribution in [2.45, 2.75) is 6.92 Å². The van der Waals surface area contributed by atoms with Crippen LogP contribution in [0.5, 0.6) is 0 Å². The first-order chi connectivity index (χ1) is 11.1. The summed E-state index contributed by atoms with van der Waals surface area (Å²) in [6.45, 7) is 1.88. The molecule has 0 aliphatic heterocycles. The Morgan fingerprint density at radius 2 is 1.92 bits per heavy atom. The Hall–Kier alpha value is -1.86. The van der Waals surface area contributed by atoms with Gasteiger partial charge in [-0.3, -0.25) is 4.79 Å². The molecule has 3 aromatic rings. The summed E-state index contributed by atoms with van der Waals surface area (Å²) < 4.78 is 1.95. The number of hydrogen-bond acceptors (Lipinski definition) is 3. The van der Waals surface area contributed by atoms with E-state index in [1.807, 2.05) is 79.5 Å². The van der Waals surface area contributed by atoms with E-state index < -0.39 is 0 Å². The van der Waals surface area contributed by atoms with Crippen molar-refractivity contribution >= 4 is 23.2 Å². The topological polar surface area (TPSA) is 33.8 Å². The molecular weight excluding hydrogens is 431 g/mol. The zero-order chi connectivity index (χ0) is 16.2. The number of rotatable bonds is 4. The van der Waals surface area contributed by atoms with Crippen LogP contribution in [0.25, 0.3) is 16.6 Å². The van der Waals surface area contributed by atoms with Crippen LogP contribution in [0, 0.1) is 6.92 Å². The molecule has 122 valence electrons. The van der Waals surface area contributed by atoms with Crippen LogP contribution in [-0.2, 0) is 7.05 Å². The van der Waals surface area contributed by atoms with E-state index in [4.69, 9.17) is 0 Å². The van der Waals surface area contributed by atoms with Gasteiger partial charge in [-0.1, -0.05) is 30.3 Å². The predicted molar refractivity (Wildman–Crippen MR) is 93.3 cm³/mol. The smallest absolute Gasteiger partial charge is 0.197 e. The number of allylic oxidation sites excluding steroid dienone is 1. The van der Waals surface area contributed by atoms with Gasteiger partial charge in [0.15, 0.2) is 18.2 Å². The van der Waals surface area contributed by atoms with E-state index in [1.54, 1.807) is 6.08 Å². The van der Waals surface area contributed by atoms with Crippen molar-refractivity contribution in [3.05, 3.63) is 77.1 Å². The molecule has 0 saturated heterocycles. The molecule has 0 unspecified atom stereocenters. The highest BCUT2D eigenvalue weighted by atomic mass is 127. The molecule has 0 bridgehead atoms. The van der Waals surface area contributed by atoms with Crippen molar-refractivity contribution in [3.8, 4) is 10.6 Å². The van der Waals surface area contributed by atoms with Crippen LogP contribution in [0.2, 0.25) is 0 Å². The Labute approximate surface area is 162 Å².